The third kappa shape index (κ3) is 3.16. The lowest BCUT2D eigenvalue weighted by Gasteiger charge is -2.30. The first-order valence-electron chi connectivity index (χ1n) is 7.75. The fraction of sp³-hybridized carbons (Fsp3) is 0.500. The fourth-order valence-electron chi connectivity index (χ4n) is 2.88. The highest BCUT2D eigenvalue weighted by molar-refractivity contribution is 5.76. The summed E-state index contributed by atoms with van der Waals surface area (Å²) >= 11 is 0. The molecule has 3 rings (SSSR count). The largest absolute Gasteiger partial charge is 0.341 e. The number of benzene rings is 1. The second-order valence-corrected chi connectivity index (χ2v) is 6.05. The molecule has 0 radical (unpaired) electrons. The van der Waals surface area contributed by atoms with Gasteiger partial charge in [0.25, 0.3) is 0 Å². The Bertz CT molecular complexity index is 666. The van der Waals surface area contributed by atoms with Crippen molar-refractivity contribution in [3.63, 3.8) is 0 Å². The van der Waals surface area contributed by atoms with E-state index in [0.717, 1.165) is 30.6 Å². The van der Waals surface area contributed by atoms with Crippen molar-refractivity contribution in [2.75, 3.05) is 13.1 Å². The summed E-state index contributed by atoms with van der Waals surface area (Å²) in [5, 5.41) is 12.4. The molecule has 6 heteroatoms. The van der Waals surface area contributed by atoms with E-state index in [1.54, 1.807) is 0 Å². The van der Waals surface area contributed by atoms with Crippen molar-refractivity contribution >= 4 is 5.91 Å². The summed E-state index contributed by atoms with van der Waals surface area (Å²) < 4.78 is 0. The Labute approximate surface area is 130 Å². The van der Waals surface area contributed by atoms with E-state index in [1.807, 2.05) is 36.1 Å². The lowest BCUT2D eigenvalue weighted by atomic mass is 10.0. The molecule has 1 aromatic carbocycles. The SMILES string of the molecule is Cc1ccccc1-c1nnn(CC(=O)N2CCCC(C)C2)n1. The van der Waals surface area contributed by atoms with E-state index in [0.29, 0.717) is 11.7 Å². The van der Waals surface area contributed by atoms with Crippen molar-refractivity contribution in [3.8, 4) is 11.4 Å². The van der Waals surface area contributed by atoms with Crippen LogP contribution in [-0.4, -0.2) is 44.1 Å². The fourth-order valence-corrected chi connectivity index (χ4v) is 2.88. The van der Waals surface area contributed by atoms with E-state index in [4.69, 9.17) is 0 Å². The standard InChI is InChI=1S/C16H21N5O/c1-12-6-5-9-20(10-12)15(22)11-21-18-16(17-19-21)14-8-4-3-7-13(14)2/h3-4,7-8,12H,5-6,9-11H2,1-2H3. The first-order valence-corrected chi connectivity index (χ1v) is 7.75. The van der Waals surface area contributed by atoms with E-state index in [1.165, 1.54) is 11.2 Å². The Morgan fingerprint density at radius 2 is 2.18 bits per heavy atom. The van der Waals surface area contributed by atoms with Crippen LogP contribution in [0.2, 0.25) is 0 Å². The zero-order valence-electron chi connectivity index (χ0n) is 13.1. The number of carbonyl (C=O) groups is 1. The molecule has 1 aliphatic rings. The average molecular weight is 299 g/mol. The molecule has 0 bridgehead atoms. The van der Waals surface area contributed by atoms with Gasteiger partial charge in [-0.3, -0.25) is 4.79 Å². The van der Waals surface area contributed by atoms with Gasteiger partial charge in [-0.2, -0.15) is 4.80 Å². The number of piperidine rings is 1. The molecule has 1 saturated heterocycles. The summed E-state index contributed by atoms with van der Waals surface area (Å²) in [5.74, 6) is 1.21. The van der Waals surface area contributed by atoms with E-state index in [9.17, 15) is 4.79 Å². The third-order valence-corrected chi connectivity index (χ3v) is 4.13. The summed E-state index contributed by atoms with van der Waals surface area (Å²) in [4.78, 5) is 15.6. The van der Waals surface area contributed by atoms with Gasteiger partial charge in [0.1, 0.15) is 6.54 Å². The maximum absolute atomic E-state index is 12.3. The van der Waals surface area contributed by atoms with Gasteiger partial charge < -0.3 is 4.90 Å². The minimum atomic E-state index is 0.0697. The van der Waals surface area contributed by atoms with Gasteiger partial charge in [0, 0.05) is 18.7 Å². The monoisotopic (exact) mass is 299 g/mol. The predicted molar refractivity (Wildman–Crippen MR) is 83.0 cm³/mol. The molecule has 1 aromatic heterocycles. The summed E-state index contributed by atoms with van der Waals surface area (Å²) in [6.07, 6.45) is 2.27. The highest BCUT2D eigenvalue weighted by Crippen LogP contribution is 2.18. The molecule has 0 aliphatic carbocycles. The van der Waals surface area contributed by atoms with Crippen molar-refractivity contribution in [2.24, 2.45) is 5.92 Å². The van der Waals surface area contributed by atoms with Crippen molar-refractivity contribution < 1.29 is 4.79 Å². The number of rotatable bonds is 3. The average Bonchev–Trinajstić information content (AvgIpc) is 2.96. The highest BCUT2D eigenvalue weighted by Gasteiger charge is 2.22. The zero-order valence-corrected chi connectivity index (χ0v) is 13.1. The van der Waals surface area contributed by atoms with Gasteiger partial charge in [-0.1, -0.05) is 31.2 Å². The van der Waals surface area contributed by atoms with Gasteiger partial charge in [0.15, 0.2) is 0 Å². The van der Waals surface area contributed by atoms with Crippen molar-refractivity contribution in [1.82, 2.24) is 25.1 Å². The van der Waals surface area contributed by atoms with Crippen molar-refractivity contribution in [1.29, 1.82) is 0 Å². The molecule has 22 heavy (non-hydrogen) atoms. The van der Waals surface area contributed by atoms with E-state index in [2.05, 4.69) is 22.3 Å². The van der Waals surface area contributed by atoms with Crippen LogP contribution >= 0.6 is 0 Å². The molecule has 1 amide bonds. The molecule has 0 spiro atoms. The smallest absolute Gasteiger partial charge is 0.246 e. The van der Waals surface area contributed by atoms with Crippen LogP contribution < -0.4 is 0 Å². The minimum Gasteiger partial charge on any atom is -0.341 e. The normalized spacial score (nSPS) is 18.5. The van der Waals surface area contributed by atoms with Crippen molar-refractivity contribution in [3.05, 3.63) is 29.8 Å². The third-order valence-electron chi connectivity index (χ3n) is 4.13. The Kier molecular flexibility index (Phi) is 4.18. The molecular weight excluding hydrogens is 278 g/mol. The maximum Gasteiger partial charge on any atom is 0.246 e. The Hall–Kier alpha value is -2.24. The van der Waals surface area contributed by atoms with Crippen molar-refractivity contribution in [2.45, 2.75) is 33.2 Å². The van der Waals surface area contributed by atoms with Gasteiger partial charge in [-0.15, -0.1) is 10.2 Å². The molecule has 6 nitrogen and oxygen atoms in total. The number of tetrazole rings is 1. The number of nitrogens with zero attached hydrogens (tertiary/aromatic N) is 5. The van der Waals surface area contributed by atoms with Crippen LogP contribution in [0.5, 0.6) is 0 Å². The van der Waals surface area contributed by atoms with Crippen LogP contribution in [-0.2, 0) is 11.3 Å². The van der Waals surface area contributed by atoms with E-state index in [-0.39, 0.29) is 12.5 Å². The second kappa shape index (κ2) is 6.25. The van der Waals surface area contributed by atoms with Gasteiger partial charge in [-0.05, 0) is 36.5 Å². The number of hydrogen-bond acceptors (Lipinski definition) is 4. The van der Waals surface area contributed by atoms with Crippen LogP contribution in [0.1, 0.15) is 25.3 Å². The molecular formula is C16H21N5O. The van der Waals surface area contributed by atoms with Crippen LogP contribution in [0.25, 0.3) is 11.4 Å². The van der Waals surface area contributed by atoms with Gasteiger partial charge in [0.05, 0.1) is 0 Å². The first kappa shape index (κ1) is 14.7. The van der Waals surface area contributed by atoms with Gasteiger partial charge in [-0.25, -0.2) is 0 Å². The second-order valence-electron chi connectivity index (χ2n) is 6.05. The van der Waals surface area contributed by atoms with Gasteiger partial charge >= 0.3 is 0 Å². The van der Waals surface area contributed by atoms with Crippen LogP contribution in [0.3, 0.4) is 0 Å². The van der Waals surface area contributed by atoms with Gasteiger partial charge in [0.2, 0.25) is 11.7 Å². The minimum absolute atomic E-state index is 0.0697. The zero-order chi connectivity index (χ0) is 15.5. The lowest BCUT2D eigenvalue weighted by molar-refractivity contribution is -0.134. The van der Waals surface area contributed by atoms with E-state index >= 15 is 0 Å². The molecule has 0 saturated carbocycles. The molecule has 1 unspecified atom stereocenters. The van der Waals surface area contributed by atoms with Crippen LogP contribution in [0, 0.1) is 12.8 Å². The Balaban J connectivity index is 1.69. The summed E-state index contributed by atoms with van der Waals surface area (Å²) in [6.45, 7) is 6.02. The first-order chi connectivity index (χ1) is 10.6. The molecule has 0 N–H and O–H groups in total. The van der Waals surface area contributed by atoms with Crippen LogP contribution in [0.15, 0.2) is 24.3 Å². The Morgan fingerprint density at radius 3 is 2.95 bits per heavy atom. The summed E-state index contributed by atoms with van der Waals surface area (Å²) in [6, 6.07) is 7.90. The number of aromatic nitrogens is 4. The Morgan fingerprint density at radius 1 is 1.36 bits per heavy atom. The number of carbonyl (C=O) groups excluding carboxylic acids is 1. The number of likely N-dealkylation sites (tertiary alicyclic amines) is 1. The lowest BCUT2D eigenvalue weighted by Crippen LogP contribution is -2.41. The number of amides is 1. The summed E-state index contributed by atoms with van der Waals surface area (Å²) in [5.41, 5.74) is 2.05. The summed E-state index contributed by atoms with van der Waals surface area (Å²) in [7, 11) is 0. The molecule has 2 aromatic rings. The molecule has 1 aliphatic heterocycles. The number of hydrogen-bond donors (Lipinski definition) is 0. The maximum atomic E-state index is 12.3. The quantitative estimate of drug-likeness (QED) is 0.868. The predicted octanol–water partition coefficient (Wildman–Crippen LogP) is 1.91. The molecule has 1 fully saturated rings. The highest BCUT2D eigenvalue weighted by atomic mass is 16.2. The molecule has 2 heterocycles. The molecule has 1 atom stereocenters. The molecule has 116 valence electrons. The number of aryl methyl sites for hydroxylation is 1. The van der Waals surface area contributed by atoms with E-state index < -0.39 is 0 Å². The van der Waals surface area contributed by atoms with Crippen LogP contribution in [0.4, 0.5) is 0 Å². The topological polar surface area (TPSA) is 63.9 Å².